The fourth-order valence-corrected chi connectivity index (χ4v) is 1.63. The van der Waals surface area contributed by atoms with Crippen LogP contribution in [0.25, 0.3) is 0 Å². The van der Waals surface area contributed by atoms with Gasteiger partial charge in [0.1, 0.15) is 0 Å². The number of hydrogen-bond donors (Lipinski definition) is 1. The van der Waals surface area contributed by atoms with Gasteiger partial charge in [0.25, 0.3) is 0 Å². The molecule has 0 radical (unpaired) electrons. The number of halogens is 1. The summed E-state index contributed by atoms with van der Waals surface area (Å²) >= 11 is 5.90. The summed E-state index contributed by atoms with van der Waals surface area (Å²) in [5, 5.41) is 3.62. The highest BCUT2D eigenvalue weighted by molar-refractivity contribution is 6.33. The van der Waals surface area contributed by atoms with Gasteiger partial charge in [0.15, 0.2) is 0 Å². The number of ether oxygens (including phenoxy) is 2. The quantitative estimate of drug-likeness (QED) is 0.822. The largest absolute Gasteiger partial charge is 0.465 e. The highest BCUT2D eigenvalue weighted by Gasteiger charge is 2.19. The van der Waals surface area contributed by atoms with E-state index in [-0.39, 0.29) is 0 Å². The summed E-state index contributed by atoms with van der Waals surface area (Å²) in [5.41, 5.74) is 1.22. The van der Waals surface area contributed by atoms with Crippen LogP contribution in [0, 0.1) is 0 Å². The molecule has 0 bridgehead atoms. The number of nitrogens with one attached hydrogen (secondary N) is 1. The van der Waals surface area contributed by atoms with Gasteiger partial charge in [0, 0.05) is 5.69 Å². The maximum absolute atomic E-state index is 11.4. The summed E-state index contributed by atoms with van der Waals surface area (Å²) in [6.45, 7) is 1.38. The Balaban J connectivity index is 2.17. The lowest BCUT2D eigenvalue weighted by atomic mass is 10.1. The number of carbonyl (C=O) groups is 1. The van der Waals surface area contributed by atoms with Crippen molar-refractivity contribution in [3.63, 3.8) is 0 Å². The summed E-state index contributed by atoms with van der Waals surface area (Å²) in [5.74, 6) is -0.432. The van der Waals surface area contributed by atoms with Gasteiger partial charge >= 0.3 is 5.97 Å². The molecule has 0 atom stereocenters. The highest BCUT2D eigenvalue weighted by atomic mass is 35.5. The minimum absolute atomic E-state index is 0.312. The van der Waals surface area contributed by atoms with Crippen molar-refractivity contribution < 1.29 is 14.3 Å². The van der Waals surface area contributed by atoms with Crippen molar-refractivity contribution >= 4 is 23.3 Å². The van der Waals surface area contributed by atoms with E-state index in [0.29, 0.717) is 29.8 Å². The topological polar surface area (TPSA) is 47.6 Å². The molecule has 0 unspecified atom stereocenters. The van der Waals surface area contributed by atoms with Crippen molar-refractivity contribution in [1.29, 1.82) is 0 Å². The van der Waals surface area contributed by atoms with E-state index in [0.717, 1.165) is 5.69 Å². The SMILES string of the molecule is COC(=O)c1cc(NC2COC2)ccc1Cl. The number of esters is 1. The summed E-state index contributed by atoms with van der Waals surface area (Å²) in [7, 11) is 1.33. The van der Waals surface area contributed by atoms with E-state index < -0.39 is 5.97 Å². The first-order valence-corrected chi connectivity index (χ1v) is 5.30. The van der Waals surface area contributed by atoms with Crippen molar-refractivity contribution in [2.24, 2.45) is 0 Å². The molecule has 86 valence electrons. The van der Waals surface area contributed by atoms with E-state index in [1.165, 1.54) is 7.11 Å². The van der Waals surface area contributed by atoms with Crippen LogP contribution in [0.15, 0.2) is 18.2 Å². The average molecular weight is 242 g/mol. The van der Waals surface area contributed by atoms with Gasteiger partial charge in [-0.2, -0.15) is 0 Å². The Labute approximate surface area is 98.5 Å². The zero-order chi connectivity index (χ0) is 11.5. The predicted molar refractivity (Wildman–Crippen MR) is 61.0 cm³/mol. The van der Waals surface area contributed by atoms with Crippen molar-refractivity contribution in [2.45, 2.75) is 6.04 Å². The molecule has 0 saturated carbocycles. The van der Waals surface area contributed by atoms with Crippen LogP contribution in [0.4, 0.5) is 5.69 Å². The zero-order valence-electron chi connectivity index (χ0n) is 8.83. The maximum atomic E-state index is 11.4. The summed E-state index contributed by atoms with van der Waals surface area (Å²) in [4.78, 5) is 11.4. The van der Waals surface area contributed by atoms with Crippen LogP contribution >= 0.6 is 11.6 Å². The molecule has 1 aliphatic rings. The highest BCUT2D eigenvalue weighted by Crippen LogP contribution is 2.22. The third kappa shape index (κ3) is 2.28. The summed E-state index contributed by atoms with van der Waals surface area (Å²) in [6, 6.07) is 5.50. The smallest absolute Gasteiger partial charge is 0.339 e. The second-order valence-electron chi connectivity index (χ2n) is 3.56. The van der Waals surface area contributed by atoms with Gasteiger partial charge in [-0.05, 0) is 18.2 Å². The van der Waals surface area contributed by atoms with Gasteiger partial charge in [-0.25, -0.2) is 4.79 Å². The fraction of sp³-hybridized carbons (Fsp3) is 0.364. The molecular formula is C11H12ClNO3. The second-order valence-corrected chi connectivity index (χ2v) is 3.97. The number of rotatable bonds is 3. The van der Waals surface area contributed by atoms with Crippen molar-refractivity contribution in [2.75, 3.05) is 25.6 Å². The Bertz CT molecular complexity index is 404. The first kappa shape index (κ1) is 11.2. The average Bonchev–Trinajstić information content (AvgIpc) is 2.24. The Kier molecular flexibility index (Phi) is 3.31. The van der Waals surface area contributed by atoms with Gasteiger partial charge in [0.2, 0.25) is 0 Å². The monoisotopic (exact) mass is 241 g/mol. The molecule has 1 aliphatic heterocycles. The van der Waals surface area contributed by atoms with Gasteiger partial charge in [-0.1, -0.05) is 11.6 Å². The Morgan fingerprint density at radius 2 is 2.31 bits per heavy atom. The molecule has 1 heterocycles. The van der Waals surface area contributed by atoms with Crippen molar-refractivity contribution in [1.82, 2.24) is 0 Å². The fourth-order valence-electron chi connectivity index (χ4n) is 1.44. The van der Waals surface area contributed by atoms with E-state index in [9.17, 15) is 4.79 Å². The minimum atomic E-state index is -0.432. The Morgan fingerprint density at radius 3 is 2.88 bits per heavy atom. The van der Waals surface area contributed by atoms with E-state index in [1.807, 2.05) is 6.07 Å². The molecule has 5 heteroatoms. The van der Waals surface area contributed by atoms with Crippen LogP contribution in [0.1, 0.15) is 10.4 Å². The summed E-state index contributed by atoms with van der Waals surface area (Å²) in [6.07, 6.45) is 0. The van der Waals surface area contributed by atoms with Crippen LogP contribution in [0.5, 0.6) is 0 Å². The molecule has 16 heavy (non-hydrogen) atoms. The molecular weight excluding hydrogens is 230 g/mol. The lowest BCUT2D eigenvalue weighted by Crippen LogP contribution is -2.40. The normalized spacial score (nSPS) is 15.4. The molecule has 2 rings (SSSR count). The number of methoxy groups -OCH3 is 1. The third-order valence-electron chi connectivity index (χ3n) is 2.38. The first-order valence-electron chi connectivity index (χ1n) is 4.93. The molecule has 1 saturated heterocycles. The first-order chi connectivity index (χ1) is 7.70. The molecule has 0 amide bonds. The van der Waals surface area contributed by atoms with Crippen LogP contribution in [0.2, 0.25) is 5.02 Å². The molecule has 1 fully saturated rings. The number of carbonyl (C=O) groups excluding carboxylic acids is 1. The van der Waals surface area contributed by atoms with Gasteiger partial charge in [0.05, 0.1) is 37.0 Å². The zero-order valence-corrected chi connectivity index (χ0v) is 9.58. The van der Waals surface area contributed by atoms with Gasteiger partial charge < -0.3 is 14.8 Å². The van der Waals surface area contributed by atoms with Crippen LogP contribution in [-0.2, 0) is 9.47 Å². The van der Waals surface area contributed by atoms with Crippen molar-refractivity contribution in [3.8, 4) is 0 Å². The third-order valence-corrected chi connectivity index (χ3v) is 2.71. The van der Waals surface area contributed by atoms with E-state index in [1.54, 1.807) is 12.1 Å². The predicted octanol–water partition coefficient (Wildman–Crippen LogP) is 1.94. The lowest BCUT2D eigenvalue weighted by Gasteiger charge is -2.28. The van der Waals surface area contributed by atoms with E-state index in [4.69, 9.17) is 16.3 Å². The van der Waals surface area contributed by atoms with Crippen molar-refractivity contribution in [3.05, 3.63) is 28.8 Å². The Hall–Kier alpha value is -1.26. The molecule has 0 spiro atoms. The molecule has 1 aromatic rings. The minimum Gasteiger partial charge on any atom is -0.465 e. The van der Waals surface area contributed by atoms with E-state index in [2.05, 4.69) is 10.1 Å². The number of anilines is 1. The van der Waals surface area contributed by atoms with E-state index >= 15 is 0 Å². The molecule has 1 aromatic carbocycles. The van der Waals surface area contributed by atoms with Crippen LogP contribution < -0.4 is 5.32 Å². The van der Waals surface area contributed by atoms with Gasteiger partial charge in [-0.3, -0.25) is 0 Å². The Morgan fingerprint density at radius 1 is 1.56 bits per heavy atom. The number of hydrogen-bond acceptors (Lipinski definition) is 4. The standard InChI is InChI=1S/C11H12ClNO3/c1-15-11(14)9-4-7(2-3-10(9)12)13-8-5-16-6-8/h2-4,8,13H,5-6H2,1H3. The van der Waals surface area contributed by atoms with Crippen LogP contribution in [-0.4, -0.2) is 32.3 Å². The summed E-state index contributed by atoms with van der Waals surface area (Å²) < 4.78 is 9.69. The van der Waals surface area contributed by atoms with Gasteiger partial charge in [-0.15, -0.1) is 0 Å². The lowest BCUT2D eigenvalue weighted by molar-refractivity contribution is 0.0211. The molecule has 4 nitrogen and oxygen atoms in total. The number of benzene rings is 1. The molecule has 0 aromatic heterocycles. The molecule has 1 N–H and O–H groups in total. The molecule has 0 aliphatic carbocycles. The second kappa shape index (κ2) is 4.72. The van der Waals surface area contributed by atoms with Crippen LogP contribution in [0.3, 0.4) is 0 Å². The maximum Gasteiger partial charge on any atom is 0.339 e.